The highest BCUT2D eigenvalue weighted by Gasteiger charge is 2.12. The van der Waals surface area contributed by atoms with E-state index in [-0.39, 0.29) is 24.1 Å². The Hall–Kier alpha value is -1.59. The van der Waals surface area contributed by atoms with Gasteiger partial charge in [0.15, 0.2) is 0 Å². The fourth-order valence-corrected chi connectivity index (χ4v) is 0.902. The molecule has 1 heterocycles. The minimum Gasteiger partial charge on any atom is -0.464 e. The van der Waals surface area contributed by atoms with Crippen molar-refractivity contribution in [2.75, 3.05) is 12.3 Å². The van der Waals surface area contributed by atoms with Crippen LogP contribution in [0.4, 0.5) is 5.95 Å². The van der Waals surface area contributed by atoms with E-state index < -0.39 is 0 Å². The van der Waals surface area contributed by atoms with E-state index in [1.54, 1.807) is 0 Å². The van der Waals surface area contributed by atoms with Gasteiger partial charge in [-0.15, -0.1) is 4.98 Å². The van der Waals surface area contributed by atoms with Gasteiger partial charge in [-0.1, -0.05) is 13.8 Å². The van der Waals surface area contributed by atoms with E-state index in [0.29, 0.717) is 12.5 Å². The molecule has 0 fully saturated rings. The summed E-state index contributed by atoms with van der Waals surface area (Å²) in [6.07, 6.45) is 0.0104. The number of anilines is 1. The lowest BCUT2D eigenvalue weighted by molar-refractivity contribution is 0.153. The van der Waals surface area contributed by atoms with Gasteiger partial charge in [-0.05, 0) is 19.8 Å². The first-order valence-electron chi connectivity index (χ1n) is 5.34. The van der Waals surface area contributed by atoms with E-state index in [1.165, 1.54) is 0 Å². The number of aromatic nitrogens is 3. The van der Waals surface area contributed by atoms with Gasteiger partial charge < -0.3 is 15.2 Å². The summed E-state index contributed by atoms with van der Waals surface area (Å²) in [4.78, 5) is 11.7. The molecule has 0 radical (unpaired) electrons. The van der Waals surface area contributed by atoms with E-state index in [1.807, 2.05) is 13.8 Å². The molecule has 0 saturated carbocycles. The van der Waals surface area contributed by atoms with Crippen molar-refractivity contribution < 1.29 is 9.47 Å². The molecule has 1 aromatic heterocycles. The predicted octanol–water partition coefficient (Wildman–Crippen LogP) is 1.28. The van der Waals surface area contributed by atoms with E-state index >= 15 is 0 Å². The number of hydrogen-bond acceptors (Lipinski definition) is 6. The first-order valence-corrected chi connectivity index (χ1v) is 5.34. The average Bonchev–Trinajstić information content (AvgIpc) is 2.16. The molecule has 1 rings (SSSR count). The Morgan fingerprint density at radius 1 is 1.12 bits per heavy atom. The zero-order valence-corrected chi connectivity index (χ0v) is 10.1. The minimum absolute atomic E-state index is 0.0104. The highest BCUT2D eigenvalue weighted by Crippen LogP contribution is 2.14. The second-order valence-electron chi connectivity index (χ2n) is 3.76. The van der Waals surface area contributed by atoms with Gasteiger partial charge in [0, 0.05) is 0 Å². The molecule has 0 aliphatic heterocycles. The summed E-state index contributed by atoms with van der Waals surface area (Å²) < 4.78 is 10.7. The Kier molecular flexibility index (Phi) is 4.28. The third-order valence-corrected chi connectivity index (χ3v) is 2.12. The molecule has 1 unspecified atom stereocenters. The van der Waals surface area contributed by atoms with E-state index in [0.717, 1.165) is 0 Å². The second-order valence-corrected chi connectivity index (χ2v) is 3.76. The first kappa shape index (κ1) is 12.5. The Morgan fingerprint density at radius 3 is 2.31 bits per heavy atom. The molecule has 6 heteroatoms. The third-order valence-electron chi connectivity index (χ3n) is 2.12. The normalized spacial score (nSPS) is 12.6. The summed E-state index contributed by atoms with van der Waals surface area (Å²) >= 11 is 0. The monoisotopic (exact) mass is 226 g/mol. The Labute approximate surface area is 95.2 Å². The number of nitrogens with two attached hydrogens (primary N) is 1. The van der Waals surface area contributed by atoms with Gasteiger partial charge in [0.05, 0.1) is 6.61 Å². The smallest absolute Gasteiger partial charge is 0.324 e. The molecule has 90 valence electrons. The average molecular weight is 226 g/mol. The lowest BCUT2D eigenvalue weighted by Gasteiger charge is -2.16. The summed E-state index contributed by atoms with van der Waals surface area (Å²) in [5.74, 6) is 0.470. The molecular formula is C10H18N4O2. The van der Waals surface area contributed by atoms with Crippen LogP contribution in [0.15, 0.2) is 0 Å². The lowest BCUT2D eigenvalue weighted by atomic mass is 10.1. The SMILES string of the molecule is CCOc1nc(N)nc(OC(C)C(C)C)n1. The van der Waals surface area contributed by atoms with Crippen LogP contribution < -0.4 is 15.2 Å². The van der Waals surface area contributed by atoms with Crippen molar-refractivity contribution in [3.63, 3.8) is 0 Å². The highest BCUT2D eigenvalue weighted by molar-refractivity contribution is 5.20. The number of nitrogens with zero attached hydrogens (tertiary/aromatic N) is 3. The standard InChI is InChI=1S/C10H18N4O2/c1-5-15-9-12-8(11)13-10(14-9)16-7(4)6(2)3/h6-7H,5H2,1-4H3,(H2,11,12,13,14). The van der Waals surface area contributed by atoms with Crippen molar-refractivity contribution in [2.45, 2.75) is 33.8 Å². The first-order chi connectivity index (χ1) is 7.52. The predicted molar refractivity (Wildman–Crippen MR) is 60.3 cm³/mol. The maximum absolute atomic E-state index is 5.52. The topological polar surface area (TPSA) is 83.2 Å². The number of rotatable bonds is 5. The zero-order valence-electron chi connectivity index (χ0n) is 10.1. The van der Waals surface area contributed by atoms with Gasteiger partial charge in [-0.2, -0.15) is 9.97 Å². The van der Waals surface area contributed by atoms with Gasteiger partial charge in [0.25, 0.3) is 0 Å². The van der Waals surface area contributed by atoms with Crippen LogP contribution in [0.3, 0.4) is 0 Å². The van der Waals surface area contributed by atoms with Crippen molar-refractivity contribution in [1.82, 2.24) is 15.0 Å². The molecule has 0 aromatic carbocycles. The van der Waals surface area contributed by atoms with Crippen LogP contribution in [-0.4, -0.2) is 27.7 Å². The fraction of sp³-hybridized carbons (Fsp3) is 0.700. The number of hydrogen-bond donors (Lipinski definition) is 1. The number of nitrogen functional groups attached to an aromatic ring is 1. The lowest BCUT2D eigenvalue weighted by Crippen LogP contribution is -2.20. The molecule has 1 aromatic rings. The molecule has 0 spiro atoms. The van der Waals surface area contributed by atoms with Crippen molar-refractivity contribution in [2.24, 2.45) is 5.92 Å². The Balaban J connectivity index is 2.79. The number of ether oxygens (including phenoxy) is 2. The molecule has 0 saturated heterocycles. The maximum Gasteiger partial charge on any atom is 0.324 e. The summed E-state index contributed by atoms with van der Waals surface area (Å²) in [6, 6.07) is 0.401. The van der Waals surface area contributed by atoms with Crippen molar-refractivity contribution in [3.8, 4) is 12.0 Å². The molecule has 1 atom stereocenters. The van der Waals surface area contributed by atoms with Gasteiger partial charge >= 0.3 is 12.0 Å². The van der Waals surface area contributed by atoms with Crippen molar-refractivity contribution in [3.05, 3.63) is 0 Å². The largest absolute Gasteiger partial charge is 0.464 e. The fourth-order valence-electron chi connectivity index (χ4n) is 0.902. The summed E-state index contributed by atoms with van der Waals surface area (Å²) in [5.41, 5.74) is 5.52. The molecule has 2 N–H and O–H groups in total. The molecule has 0 aliphatic rings. The minimum atomic E-state index is 0.0104. The van der Waals surface area contributed by atoms with Crippen molar-refractivity contribution >= 4 is 5.95 Å². The molecule has 6 nitrogen and oxygen atoms in total. The van der Waals surface area contributed by atoms with Crippen LogP contribution >= 0.6 is 0 Å². The maximum atomic E-state index is 5.52. The van der Waals surface area contributed by atoms with Gasteiger partial charge in [0.1, 0.15) is 6.10 Å². The Morgan fingerprint density at radius 2 is 1.75 bits per heavy atom. The molecule has 0 aliphatic carbocycles. The summed E-state index contributed by atoms with van der Waals surface area (Å²) in [5, 5.41) is 0. The van der Waals surface area contributed by atoms with Crippen LogP contribution in [0, 0.1) is 5.92 Å². The second kappa shape index (κ2) is 5.48. The third kappa shape index (κ3) is 3.52. The van der Waals surface area contributed by atoms with Gasteiger partial charge in [0.2, 0.25) is 5.95 Å². The van der Waals surface area contributed by atoms with Crippen molar-refractivity contribution in [1.29, 1.82) is 0 Å². The highest BCUT2D eigenvalue weighted by atomic mass is 16.5. The van der Waals surface area contributed by atoms with Crippen LogP contribution in [0.2, 0.25) is 0 Å². The zero-order chi connectivity index (χ0) is 12.1. The Bertz CT molecular complexity index is 344. The molecule has 16 heavy (non-hydrogen) atoms. The van der Waals surface area contributed by atoms with Gasteiger partial charge in [-0.3, -0.25) is 0 Å². The van der Waals surface area contributed by atoms with Gasteiger partial charge in [-0.25, -0.2) is 0 Å². The van der Waals surface area contributed by atoms with E-state index in [2.05, 4.69) is 28.8 Å². The molecular weight excluding hydrogens is 208 g/mol. The molecule has 0 bridgehead atoms. The van der Waals surface area contributed by atoms with Crippen LogP contribution in [0.25, 0.3) is 0 Å². The molecule has 0 amide bonds. The van der Waals surface area contributed by atoms with Crippen LogP contribution in [0.1, 0.15) is 27.7 Å². The van der Waals surface area contributed by atoms with E-state index in [9.17, 15) is 0 Å². The summed E-state index contributed by atoms with van der Waals surface area (Å²) in [6.45, 7) is 8.38. The van der Waals surface area contributed by atoms with Crippen LogP contribution in [0.5, 0.6) is 12.0 Å². The quantitative estimate of drug-likeness (QED) is 0.814. The van der Waals surface area contributed by atoms with Crippen LogP contribution in [-0.2, 0) is 0 Å². The van der Waals surface area contributed by atoms with E-state index in [4.69, 9.17) is 15.2 Å². The summed E-state index contributed by atoms with van der Waals surface area (Å²) in [7, 11) is 0.